The number of hydrogen-bond acceptors (Lipinski definition) is 4. The smallest absolute Gasteiger partial charge is 0.307 e. The van der Waals surface area contributed by atoms with Crippen molar-refractivity contribution in [1.29, 1.82) is 0 Å². The third-order valence-corrected chi connectivity index (χ3v) is 3.14. The van der Waals surface area contributed by atoms with Crippen molar-refractivity contribution in [3.63, 3.8) is 0 Å². The molecule has 0 fully saturated rings. The van der Waals surface area contributed by atoms with Crippen LogP contribution >= 0.6 is 0 Å². The Morgan fingerprint density at radius 2 is 1.85 bits per heavy atom. The minimum Gasteiger partial charge on any atom is -0.481 e. The highest BCUT2D eigenvalue weighted by Crippen LogP contribution is 2.20. The van der Waals surface area contributed by atoms with Crippen molar-refractivity contribution in [2.75, 3.05) is 0 Å². The van der Waals surface area contributed by atoms with Gasteiger partial charge in [0.2, 0.25) is 0 Å². The van der Waals surface area contributed by atoms with E-state index in [9.17, 15) is 4.79 Å². The number of aliphatic carboxylic acids is 1. The van der Waals surface area contributed by atoms with Crippen molar-refractivity contribution in [3.05, 3.63) is 29.3 Å². The van der Waals surface area contributed by atoms with E-state index in [-0.39, 0.29) is 6.42 Å². The topological polar surface area (TPSA) is 80.9 Å². The van der Waals surface area contributed by atoms with E-state index < -0.39 is 5.97 Å². The summed E-state index contributed by atoms with van der Waals surface area (Å²) in [5.41, 5.74) is 3.20. The maximum absolute atomic E-state index is 11.0. The molecule has 6 heteroatoms. The second-order valence-electron chi connectivity index (χ2n) is 4.60. The largest absolute Gasteiger partial charge is 0.481 e. The molecule has 0 atom stereocenters. The summed E-state index contributed by atoms with van der Waals surface area (Å²) in [5.74, 6) is -0.243. The first-order valence-electron chi connectivity index (χ1n) is 6.64. The molecule has 2 aromatic heterocycles. The van der Waals surface area contributed by atoms with Crippen molar-refractivity contribution < 1.29 is 9.90 Å². The molecule has 6 nitrogen and oxygen atoms in total. The van der Waals surface area contributed by atoms with E-state index in [2.05, 4.69) is 15.1 Å². The average Bonchev–Trinajstić information content (AvgIpc) is 2.85. The molecule has 1 N–H and O–H groups in total. The number of carboxylic acid groups (broad SMARTS) is 1. The van der Waals surface area contributed by atoms with Gasteiger partial charge in [-0.25, -0.2) is 9.97 Å². The second kappa shape index (κ2) is 5.81. The highest BCUT2D eigenvalue weighted by atomic mass is 16.4. The number of aryl methyl sites for hydroxylation is 3. The third kappa shape index (κ3) is 2.84. The molecule has 0 aliphatic carbocycles. The van der Waals surface area contributed by atoms with Crippen LogP contribution in [0.15, 0.2) is 12.4 Å². The Morgan fingerprint density at radius 3 is 2.25 bits per heavy atom. The summed E-state index contributed by atoms with van der Waals surface area (Å²) >= 11 is 0. The summed E-state index contributed by atoms with van der Waals surface area (Å²) < 4.78 is 1.70. The van der Waals surface area contributed by atoms with Crippen LogP contribution in [0.5, 0.6) is 0 Å². The van der Waals surface area contributed by atoms with Crippen LogP contribution in [0.3, 0.4) is 0 Å². The van der Waals surface area contributed by atoms with Crippen LogP contribution in [0, 0.1) is 0 Å². The molecule has 0 spiro atoms. The van der Waals surface area contributed by atoms with Crippen molar-refractivity contribution in [2.24, 2.45) is 7.05 Å². The average molecular weight is 274 g/mol. The summed E-state index contributed by atoms with van der Waals surface area (Å²) in [6.45, 7) is 3.94. The highest BCUT2D eigenvalue weighted by molar-refractivity contribution is 5.71. The van der Waals surface area contributed by atoms with Crippen LogP contribution in [-0.4, -0.2) is 30.8 Å². The van der Waals surface area contributed by atoms with Crippen LogP contribution in [0.2, 0.25) is 0 Å². The Hall–Kier alpha value is -2.24. The molecule has 0 unspecified atom stereocenters. The Morgan fingerprint density at radius 1 is 1.25 bits per heavy atom. The Balaban J connectivity index is 2.54. The molecule has 106 valence electrons. The Labute approximate surface area is 117 Å². The lowest BCUT2D eigenvalue weighted by Crippen LogP contribution is -2.11. The number of nitrogens with zero attached hydrogens (tertiary/aromatic N) is 4. The number of carboxylic acids is 1. The molecule has 0 aromatic carbocycles. The fourth-order valence-electron chi connectivity index (χ4n) is 2.19. The Bertz CT molecular complexity index is 609. The van der Waals surface area contributed by atoms with Crippen LogP contribution in [0.4, 0.5) is 0 Å². The van der Waals surface area contributed by atoms with Crippen LogP contribution in [-0.2, 0) is 31.1 Å². The molecule has 2 aromatic rings. The molecule has 0 aliphatic rings. The minimum absolute atomic E-state index is 0.0281. The van der Waals surface area contributed by atoms with Crippen molar-refractivity contribution in [1.82, 2.24) is 19.7 Å². The monoisotopic (exact) mass is 274 g/mol. The van der Waals surface area contributed by atoms with Gasteiger partial charge in [0.05, 0.1) is 18.2 Å². The molecular weight excluding hydrogens is 256 g/mol. The van der Waals surface area contributed by atoms with E-state index in [0.29, 0.717) is 18.7 Å². The molecule has 0 aliphatic heterocycles. The second-order valence-corrected chi connectivity index (χ2v) is 4.60. The van der Waals surface area contributed by atoms with Crippen LogP contribution in [0.1, 0.15) is 30.8 Å². The quantitative estimate of drug-likeness (QED) is 0.896. The van der Waals surface area contributed by atoms with Crippen molar-refractivity contribution in [3.8, 4) is 11.4 Å². The van der Waals surface area contributed by atoms with E-state index in [1.54, 1.807) is 10.9 Å². The minimum atomic E-state index is -0.855. The standard InChI is InChI=1S/C14H18N4O2/c1-4-11-10(6-13(19)20)12(5-2)17-14(16-11)9-7-15-18(3)8-9/h7-8H,4-6H2,1-3H3,(H,19,20). The summed E-state index contributed by atoms with van der Waals surface area (Å²) in [6, 6.07) is 0. The van der Waals surface area contributed by atoms with Gasteiger partial charge in [0.1, 0.15) is 0 Å². The third-order valence-electron chi connectivity index (χ3n) is 3.14. The molecule has 0 bridgehead atoms. The first-order valence-corrected chi connectivity index (χ1v) is 6.64. The lowest BCUT2D eigenvalue weighted by Gasteiger charge is -2.11. The maximum atomic E-state index is 11.0. The predicted molar refractivity (Wildman–Crippen MR) is 74.3 cm³/mol. The highest BCUT2D eigenvalue weighted by Gasteiger charge is 2.16. The van der Waals surface area contributed by atoms with E-state index >= 15 is 0 Å². The molecule has 0 saturated heterocycles. The normalized spacial score (nSPS) is 10.8. The van der Waals surface area contributed by atoms with Gasteiger partial charge in [-0.1, -0.05) is 13.8 Å². The van der Waals surface area contributed by atoms with E-state index in [0.717, 1.165) is 22.5 Å². The van der Waals surface area contributed by atoms with E-state index in [4.69, 9.17) is 5.11 Å². The van der Waals surface area contributed by atoms with Gasteiger partial charge in [-0.2, -0.15) is 5.10 Å². The van der Waals surface area contributed by atoms with Gasteiger partial charge in [0.15, 0.2) is 5.82 Å². The first kappa shape index (κ1) is 14.2. The number of rotatable bonds is 5. The first-order chi connectivity index (χ1) is 9.55. The molecule has 0 amide bonds. The molecule has 2 heterocycles. The molecule has 0 radical (unpaired) electrons. The molecular formula is C14H18N4O2. The summed E-state index contributed by atoms with van der Waals surface area (Å²) in [4.78, 5) is 20.0. The molecule has 20 heavy (non-hydrogen) atoms. The summed E-state index contributed by atoms with van der Waals surface area (Å²) in [6.07, 6.45) is 4.91. The maximum Gasteiger partial charge on any atom is 0.307 e. The van der Waals surface area contributed by atoms with E-state index in [1.807, 2.05) is 27.1 Å². The van der Waals surface area contributed by atoms with Crippen molar-refractivity contribution in [2.45, 2.75) is 33.1 Å². The number of aromatic nitrogens is 4. The predicted octanol–water partition coefficient (Wildman–Crippen LogP) is 1.63. The number of carbonyl (C=O) groups is 1. The fraction of sp³-hybridized carbons (Fsp3) is 0.429. The van der Waals surface area contributed by atoms with Gasteiger partial charge in [0.25, 0.3) is 0 Å². The van der Waals surface area contributed by atoms with Crippen LogP contribution < -0.4 is 0 Å². The zero-order valence-electron chi connectivity index (χ0n) is 11.9. The van der Waals surface area contributed by atoms with E-state index in [1.165, 1.54) is 0 Å². The van der Waals surface area contributed by atoms with Gasteiger partial charge >= 0.3 is 5.97 Å². The van der Waals surface area contributed by atoms with Gasteiger partial charge in [-0.3, -0.25) is 9.48 Å². The number of hydrogen-bond donors (Lipinski definition) is 1. The summed E-state index contributed by atoms with van der Waals surface area (Å²) in [7, 11) is 1.84. The molecule has 2 rings (SSSR count). The lowest BCUT2D eigenvalue weighted by molar-refractivity contribution is -0.136. The van der Waals surface area contributed by atoms with Gasteiger partial charge in [0, 0.05) is 30.2 Å². The zero-order valence-corrected chi connectivity index (χ0v) is 11.9. The summed E-state index contributed by atoms with van der Waals surface area (Å²) in [5, 5.41) is 13.1. The zero-order chi connectivity index (χ0) is 14.7. The van der Waals surface area contributed by atoms with Gasteiger partial charge in [-0.05, 0) is 12.8 Å². The fourth-order valence-corrected chi connectivity index (χ4v) is 2.19. The SMILES string of the molecule is CCc1nc(-c2cnn(C)c2)nc(CC)c1CC(=O)O. The molecule has 0 saturated carbocycles. The van der Waals surface area contributed by atoms with Crippen LogP contribution in [0.25, 0.3) is 11.4 Å². The van der Waals surface area contributed by atoms with Gasteiger partial charge < -0.3 is 5.11 Å². The van der Waals surface area contributed by atoms with Gasteiger partial charge in [-0.15, -0.1) is 0 Å². The lowest BCUT2D eigenvalue weighted by atomic mass is 10.0. The van der Waals surface area contributed by atoms with Crippen molar-refractivity contribution >= 4 is 5.97 Å². The Kier molecular flexibility index (Phi) is 4.12.